The Morgan fingerprint density at radius 1 is 1.22 bits per heavy atom. The number of hydrogen-bond donors (Lipinski definition) is 1. The highest BCUT2D eigenvalue weighted by molar-refractivity contribution is 6.35. The molecule has 1 N–H and O–H groups in total. The van der Waals surface area contributed by atoms with Crippen LogP contribution in [0, 0.1) is 25.7 Å². The number of benzene rings is 2. The Hall–Kier alpha value is -3.27. The van der Waals surface area contributed by atoms with Gasteiger partial charge in [0.2, 0.25) is 5.91 Å². The third kappa shape index (κ3) is 3.23. The topological polar surface area (TPSA) is 110 Å². The van der Waals surface area contributed by atoms with Crippen LogP contribution in [0.4, 0.5) is 0 Å². The van der Waals surface area contributed by atoms with Crippen LogP contribution in [-0.4, -0.2) is 60.3 Å². The second kappa shape index (κ2) is 8.12. The van der Waals surface area contributed by atoms with E-state index in [-0.39, 0.29) is 12.5 Å². The van der Waals surface area contributed by atoms with Gasteiger partial charge in [0.15, 0.2) is 5.82 Å². The predicted molar refractivity (Wildman–Crippen MR) is 130 cm³/mol. The van der Waals surface area contributed by atoms with Crippen LogP contribution >= 0.6 is 23.2 Å². The van der Waals surface area contributed by atoms with E-state index < -0.39 is 35.6 Å². The number of para-hydroxylation sites is 1. The van der Waals surface area contributed by atoms with Crippen molar-refractivity contribution in [2.45, 2.75) is 31.6 Å². The van der Waals surface area contributed by atoms with Gasteiger partial charge in [-0.3, -0.25) is 9.59 Å². The molecule has 0 aliphatic carbocycles. The van der Waals surface area contributed by atoms with Crippen LogP contribution in [0.1, 0.15) is 28.6 Å². The van der Waals surface area contributed by atoms with Gasteiger partial charge in [-0.2, -0.15) is 4.68 Å². The first-order valence-corrected chi connectivity index (χ1v) is 12.2. The average Bonchev–Trinajstić information content (AvgIpc) is 3.57. The lowest BCUT2D eigenvalue weighted by molar-refractivity contribution is -0.148. The Bertz CT molecular complexity index is 1440. The monoisotopic (exact) mass is 525 g/mol. The molecule has 2 saturated heterocycles. The summed E-state index contributed by atoms with van der Waals surface area (Å²) >= 11 is 12.8. The Balaban J connectivity index is 1.53. The molecule has 1 spiro atoms. The van der Waals surface area contributed by atoms with Crippen LogP contribution in [-0.2, 0) is 14.3 Å². The number of amides is 1. The van der Waals surface area contributed by atoms with Gasteiger partial charge in [-0.15, -0.1) is 5.10 Å². The molecule has 0 unspecified atom stereocenters. The van der Waals surface area contributed by atoms with Gasteiger partial charge in [-0.1, -0.05) is 59.6 Å². The van der Waals surface area contributed by atoms with Crippen molar-refractivity contribution in [1.29, 1.82) is 0 Å². The second-order valence-electron chi connectivity index (χ2n) is 9.46. The van der Waals surface area contributed by atoms with E-state index in [1.54, 1.807) is 33.9 Å². The second-order valence-corrected chi connectivity index (χ2v) is 10.3. The third-order valence-corrected chi connectivity index (χ3v) is 7.94. The molecule has 2 aromatic carbocycles. The van der Waals surface area contributed by atoms with Crippen molar-refractivity contribution in [2.75, 3.05) is 6.54 Å². The quantitative estimate of drug-likeness (QED) is 0.507. The van der Waals surface area contributed by atoms with E-state index in [0.29, 0.717) is 21.4 Å². The zero-order valence-corrected chi connectivity index (χ0v) is 20.8. The van der Waals surface area contributed by atoms with Crippen molar-refractivity contribution in [2.24, 2.45) is 11.8 Å². The minimum Gasteiger partial charge on any atom is -0.481 e. The van der Waals surface area contributed by atoms with Crippen molar-refractivity contribution in [3.05, 3.63) is 81.1 Å². The van der Waals surface area contributed by atoms with Gasteiger partial charge in [0.1, 0.15) is 17.6 Å². The average molecular weight is 526 g/mol. The van der Waals surface area contributed by atoms with Gasteiger partial charge < -0.3 is 14.7 Å². The molecule has 4 heterocycles. The molecule has 2 bridgehead atoms. The fraction of sp³-hybridized carbons (Fsp3) is 0.320. The van der Waals surface area contributed by atoms with Crippen LogP contribution in [0.3, 0.4) is 0 Å². The summed E-state index contributed by atoms with van der Waals surface area (Å²) in [6.07, 6.45) is 2.92. The number of ether oxygens (including phenoxy) is 1. The Kier molecular flexibility index (Phi) is 5.22. The first-order valence-electron chi connectivity index (χ1n) is 11.4. The highest BCUT2D eigenvalue weighted by atomic mass is 35.5. The van der Waals surface area contributed by atoms with Gasteiger partial charge in [0.05, 0.1) is 24.3 Å². The number of carboxylic acid groups (broad SMARTS) is 1. The van der Waals surface area contributed by atoms with E-state index in [4.69, 9.17) is 27.9 Å². The van der Waals surface area contributed by atoms with Crippen molar-refractivity contribution in [3.63, 3.8) is 0 Å². The van der Waals surface area contributed by atoms with E-state index in [9.17, 15) is 14.7 Å². The standard InChI is InChI=1S/C25H21Cl2N5O4/c1-12-4-3-5-13(2)20(12)32-22(28-29-30-32)21(15-7-6-14(26)10-16(15)27)31-11-25-9-8-17(36-25)18(24(34)35)19(25)23(31)33/h3-10,17-19,21H,11H2,1-2H3,(H,34,35)/t17-,18+,19+,21-,25-/m1/s1. The maximum absolute atomic E-state index is 14.0. The molecule has 6 rings (SSSR count). The number of fused-ring (bicyclic) bond motifs is 1. The van der Waals surface area contributed by atoms with Gasteiger partial charge in [-0.05, 0) is 47.5 Å². The first-order chi connectivity index (χ1) is 17.2. The van der Waals surface area contributed by atoms with Crippen LogP contribution in [0.5, 0.6) is 0 Å². The maximum Gasteiger partial charge on any atom is 0.310 e. The summed E-state index contributed by atoms with van der Waals surface area (Å²) in [6, 6.07) is 10.1. The van der Waals surface area contributed by atoms with Crippen LogP contribution < -0.4 is 0 Å². The number of aryl methyl sites for hydroxylation is 2. The number of tetrazole rings is 1. The lowest BCUT2D eigenvalue weighted by atomic mass is 9.77. The predicted octanol–water partition coefficient (Wildman–Crippen LogP) is 3.54. The number of nitrogens with zero attached hydrogens (tertiary/aromatic N) is 5. The van der Waals surface area contributed by atoms with E-state index in [0.717, 1.165) is 16.8 Å². The first kappa shape index (κ1) is 23.1. The molecule has 2 fully saturated rings. The molecule has 1 amide bonds. The number of carbonyl (C=O) groups is 2. The van der Waals surface area contributed by atoms with Crippen molar-refractivity contribution in [3.8, 4) is 5.69 Å². The van der Waals surface area contributed by atoms with E-state index in [2.05, 4.69) is 15.5 Å². The van der Waals surface area contributed by atoms with E-state index >= 15 is 0 Å². The molecule has 0 radical (unpaired) electrons. The number of rotatable bonds is 5. The molecular formula is C25H21Cl2N5O4. The Labute approximate surface area is 216 Å². The summed E-state index contributed by atoms with van der Waals surface area (Å²) in [4.78, 5) is 27.6. The largest absolute Gasteiger partial charge is 0.481 e. The number of aliphatic carboxylic acids is 1. The Morgan fingerprint density at radius 2 is 1.97 bits per heavy atom. The number of likely N-dealkylation sites (tertiary alicyclic amines) is 1. The van der Waals surface area contributed by atoms with Crippen LogP contribution in [0.15, 0.2) is 48.6 Å². The van der Waals surface area contributed by atoms with Gasteiger partial charge in [0.25, 0.3) is 0 Å². The third-order valence-electron chi connectivity index (χ3n) is 7.37. The van der Waals surface area contributed by atoms with E-state index in [1.807, 2.05) is 38.1 Å². The number of aromatic nitrogens is 4. The minimum absolute atomic E-state index is 0.135. The normalized spacial score (nSPS) is 27.1. The molecule has 36 heavy (non-hydrogen) atoms. The smallest absolute Gasteiger partial charge is 0.310 e. The molecular weight excluding hydrogens is 505 g/mol. The van der Waals surface area contributed by atoms with Crippen LogP contribution in [0.25, 0.3) is 5.69 Å². The summed E-state index contributed by atoms with van der Waals surface area (Å²) in [6.45, 7) is 4.05. The van der Waals surface area contributed by atoms with E-state index in [1.165, 1.54) is 0 Å². The Morgan fingerprint density at radius 3 is 2.67 bits per heavy atom. The fourth-order valence-corrected chi connectivity index (χ4v) is 6.37. The lowest BCUT2D eigenvalue weighted by Gasteiger charge is -2.30. The summed E-state index contributed by atoms with van der Waals surface area (Å²) in [7, 11) is 0. The van der Waals surface area contributed by atoms with Gasteiger partial charge in [-0.25, -0.2) is 0 Å². The summed E-state index contributed by atoms with van der Waals surface area (Å²) in [5.41, 5.74) is 2.22. The number of hydrogen-bond acceptors (Lipinski definition) is 6. The van der Waals surface area contributed by atoms with Crippen molar-refractivity contribution >= 4 is 35.1 Å². The fourth-order valence-electron chi connectivity index (χ4n) is 5.86. The SMILES string of the molecule is Cc1cccc(C)c1-n1nnnc1[C@@H](c1ccc(Cl)cc1Cl)N1C[C@@]23C=C[C@@H](O2)[C@H](C(=O)O)[C@H]3C1=O. The zero-order chi connectivity index (χ0) is 25.4. The molecule has 3 aromatic rings. The van der Waals surface area contributed by atoms with Gasteiger partial charge >= 0.3 is 5.97 Å². The minimum atomic E-state index is -1.06. The lowest BCUT2D eigenvalue weighted by Crippen LogP contribution is -2.39. The maximum atomic E-state index is 14.0. The molecule has 11 heteroatoms. The summed E-state index contributed by atoms with van der Waals surface area (Å²) < 4.78 is 7.71. The number of carboxylic acids is 1. The highest BCUT2D eigenvalue weighted by Crippen LogP contribution is 2.54. The highest BCUT2D eigenvalue weighted by Gasteiger charge is 2.68. The molecule has 0 saturated carbocycles. The van der Waals surface area contributed by atoms with Gasteiger partial charge in [0, 0.05) is 15.6 Å². The summed E-state index contributed by atoms with van der Waals surface area (Å²) in [5.74, 6) is -2.87. The van der Waals surface area contributed by atoms with Crippen molar-refractivity contribution < 1.29 is 19.4 Å². The zero-order valence-electron chi connectivity index (χ0n) is 19.3. The molecule has 9 nitrogen and oxygen atoms in total. The molecule has 184 valence electrons. The molecule has 3 aliphatic heterocycles. The molecule has 5 atom stereocenters. The number of carbonyl (C=O) groups excluding carboxylic acids is 1. The van der Waals surface area contributed by atoms with Crippen molar-refractivity contribution in [1.82, 2.24) is 25.1 Å². The molecule has 1 aromatic heterocycles. The molecule has 3 aliphatic rings. The number of halogens is 2. The summed E-state index contributed by atoms with van der Waals surface area (Å²) in [5, 5.41) is 23.2. The van der Waals surface area contributed by atoms with Crippen LogP contribution in [0.2, 0.25) is 10.0 Å².